The Morgan fingerprint density at radius 1 is 1.24 bits per heavy atom. The van der Waals surface area contributed by atoms with Crippen molar-refractivity contribution in [1.82, 2.24) is 4.98 Å². The largest absolute Gasteiger partial charge is 0.439 e. The number of nitrogens with zero attached hydrogens (tertiary/aromatic N) is 2. The van der Waals surface area contributed by atoms with E-state index in [1.165, 1.54) is 5.56 Å². The van der Waals surface area contributed by atoms with Crippen LogP contribution in [-0.2, 0) is 16.0 Å². The minimum absolute atomic E-state index is 0.133. The highest BCUT2D eigenvalue weighted by molar-refractivity contribution is 5.88. The summed E-state index contributed by atoms with van der Waals surface area (Å²) < 4.78 is 11.4. The average Bonchev–Trinajstić information content (AvgIpc) is 3.06. The number of fused-ring (bicyclic) bond motifs is 2. The van der Waals surface area contributed by atoms with Gasteiger partial charge in [-0.25, -0.2) is 4.98 Å². The standard InChI is InChI=1S/C20H16N2O3/c21-12-15(20-22-16-7-3-4-8-18(16)25-20)17(23)11-19-14-6-2-1-5-13(14)9-10-24-19/h1-8,15,19H,9-11H2/t15-,19-/m1/s1. The molecule has 0 amide bonds. The van der Waals surface area contributed by atoms with Gasteiger partial charge in [-0.2, -0.15) is 5.26 Å². The summed E-state index contributed by atoms with van der Waals surface area (Å²) in [5.41, 5.74) is 3.44. The van der Waals surface area contributed by atoms with Gasteiger partial charge in [0, 0.05) is 6.42 Å². The van der Waals surface area contributed by atoms with Gasteiger partial charge in [-0.05, 0) is 29.7 Å². The van der Waals surface area contributed by atoms with Crippen molar-refractivity contribution in [3.63, 3.8) is 0 Å². The zero-order chi connectivity index (χ0) is 17.2. The second-order valence-electron chi connectivity index (χ2n) is 6.06. The Labute approximate surface area is 144 Å². The molecule has 5 heteroatoms. The molecule has 124 valence electrons. The molecule has 2 aromatic carbocycles. The first kappa shape index (κ1) is 15.6. The van der Waals surface area contributed by atoms with E-state index in [0.29, 0.717) is 17.7 Å². The van der Waals surface area contributed by atoms with Gasteiger partial charge < -0.3 is 9.15 Å². The number of ether oxygens (including phenoxy) is 1. The van der Waals surface area contributed by atoms with Crippen molar-refractivity contribution < 1.29 is 13.9 Å². The lowest BCUT2D eigenvalue weighted by atomic mass is 9.91. The molecule has 3 aromatic rings. The smallest absolute Gasteiger partial charge is 0.220 e. The second-order valence-corrected chi connectivity index (χ2v) is 6.06. The Hall–Kier alpha value is -2.97. The molecule has 1 aliphatic rings. The number of benzene rings is 2. The van der Waals surface area contributed by atoms with Crippen molar-refractivity contribution in [1.29, 1.82) is 5.26 Å². The van der Waals surface area contributed by atoms with E-state index < -0.39 is 5.92 Å². The molecular formula is C20H16N2O3. The van der Waals surface area contributed by atoms with E-state index in [1.54, 1.807) is 12.1 Å². The Balaban J connectivity index is 1.58. The third-order valence-corrected chi connectivity index (χ3v) is 4.49. The van der Waals surface area contributed by atoms with Crippen LogP contribution in [0.3, 0.4) is 0 Å². The molecule has 0 saturated carbocycles. The number of ketones is 1. The van der Waals surface area contributed by atoms with E-state index in [1.807, 2.05) is 36.4 Å². The average molecular weight is 332 g/mol. The molecule has 1 aromatic heterocycles. The van der Waals surface area contributed by atoms with Crippen LogP contribution < -0.4 is 0 Å². The van der Waals surface area contributed by atoms with Gasteiger partial charge in [0.2, 0.25) is 5.89 Å². The SMILES string of the molecule is N#C[C@H](C(=O)C[C@H]1OCCc2ccccc21)c1nc2ccccc2o1. The van der Waals surface area contributed by atoms with Gasteiger partial charge in [0.05, 0.1) is 18.8 Å². The van der Waals surface area contributed by atoms with Crippen LogP contribution in [0.2, 0.25) is 0 Å². The van der Waals surface area contributed by atoms with E-state index in [4.69, 9.17) is 9.15 Å². The van der Waals surface area contributed by atoms with Crippen molar-refractivity contribution in [2.45, 2.75) is 24.9 Å². The molecule has 25 heavy (non-hydrogen) atoms. The molecular weight excluding hydrogens is 316 g/mol. The Bertz CT molecular complexity index is 937. The van der Waals surface area contributed by atoms with Gasteiger partial charge in [0.1, 0.15) is 5.52 Å². The lowest BCUT2D eigenvalue weighted by molar-refractivity contribution is -0.123. The fourth-order valence-corrected chi connectivity index (χ4v) is 3.22. The molecule has 0 bridgehead atoms. The monoisotopic (exact) mass is 332 g/mol. The predicted octanol–water partition coefficient (Wildman–Crippen LogP) is 3.71. The fraction of sp³-hybridized carbons (Fsp3) is 0.250. The van der Waals surface area contributed by atoms with Gasteiger partial charge in [0.25, 0.3) is 0 Å². The number of hydrogen-bond acceptors (Lipinski definition) is 5. The minimum atomic E-state index is -1.02. The maximum absolute atomic E-state index is 12.7. The number of carbonyl (C=O) groups is 1. The third-order valence-electron chi connectivity index (χ3n) is 4.49. The lowest BCUT2D eigenvalue weighted by Gasteiger charge is -2.25. The molecule has 0 fully saturated rings. The number of nitriles is 1. The van der Waals surface area contributed by atoms with Gasteiger partial charge in [0.15, 0.2) is 17.3 Å². The first-order valence-corrected chi connectivity index (χ1v) is 8.23. The number of aromatic nitrogens is 1. The van der Waals surface area contributed by atoms with E-state index >= 15 is 0 Å². The Kier molecular flexibility index (Phi) is 4.04. The Morgan fingerprint density at radius 3 is 2.88 bits per heavy atom. The quantitative estimate of drug-likeness (QED) is 0.728. The van der Waals surface area contributed by atoms with E-state index in [9.17, 15) is 10.1 Å². The molecule has 0 radical (unpaired) electrons. The number of para-hydroxylation sites is 2. The van der Waals surface area contributed by atoms with E-state index in [0.717, 1.165) is 12.0 Å². The highest BCUT2D eigenvalue weighted by atomic mass is 16.5. The summed E-state index contributed by atoms with van der Waals surface area (Å²) in [6.07, 6.45) is 0.652. The summed E-state index contributed by atoms with van der Waals surface area (Å²) >= 11 is 0. The van der Waals surface area contributed by atoms with Crippen LogP contribution >= 0.6 is 0 Å². The molecule has 2 heterocycles. The van der Waals surface area contributed by atoms with Gasteiger partial charge in [-0.3, -0.25) is 4.79 Å². The molecule has 0 unspecified atom stereocenters. The summed E-state index contributed by atoms with van der Waals surface area (Å²) in [6, 6.07) is 17.2. The van der Waals surface area contributed by atoms with Crippen LogP contribution in [0.25, 0.3) is 11.1 Å². The number of oxazole rings is 1. The number of rotatable bonds is 4. The fourth-order valence-electron chi connectivity index (χ4n) is 3.22. The van der Waals surface area contributed by atoms with Gasteiger partial charge in [-0.1, -0.05) is 36.4 Å². The molecule has 0 spiro atoms. The normalized spacial score (nSPS) is 17.6. The lowest BCUT2D eigenvalue weighted by Crippen LogP contribution is -2.21. The van der Waals surface area contributed by atoms with Crippen molar-refractivity contribution in [3.05, 3.63) is 65.5 Å². The van der Waals surface area contributed by atoms with Gasteiger partial charge >= 0.3 is 0 Å². The first-order valence-electron chi connectivity index (χ1n) is 8.23. The second kappa shape index (κ2) is 6.50. The van der Waals surface area contributed by atoms with E-state index in [-0.39, 0.29) is 24.2 Å². The van der Waals surface area contributed by atoms with Crippen LogP contribution in [-0.4, -0.2) is 17.4 Å². The van der Waals surface area contributed by atoms with Crippen molar-refractivity contribution >= 4 is 16.9 Å². The van der Waals surface area contributed by atoms with E-state index in [2.05, 4.69) is 11.1 Å². The zero-order valence-corrected chi connectivity index (χ0v) is 13.5. The molecule has 2 atom stereocenters. The van der Waals surface area contributed by atoms with Crippen LogP contribution in [0.1, 0.15) is 35.5 Å². The van der Waals surface area contributed by atoms with Crippen LogP contribution in [0.4, 0.5) is 0 Å². The van der Waals surface area contributed by atoms with Crippen LogP contribution in [0.15, 0.2) is 52.9 Å². The van der Waals surface area contributed by atoms with Crippen LogP contribution in [0.5, 0.6) is 0 Å². The number of hydrogen-bond donors (Lipinski definition) is 0. The highest BCUT2D eigenvalue weighted by Gasteiger charge is 2.30. The third kappa shape index (κ3) is 2.92. The molecule has 0 saturated heterocycles. The molecule has 4 rings (SSSR count). The number of Topliss-reactive ketones (excluding diaryl/α,β-unsaturated/α-hetero) is 1. The maximum Gasteiger partial charge on any atom is 0.220 e. The zero-order valence-electron chi connectivity index (χ0n) is 13.5. The van der Waals surface area contributed by atoms with Crippen molar-refractivity contribution in [2.24, 2.45) is 0 Å². The highest BCUT2D eigenvalue weighted by Crippen LogP contribution is 2.32. The molecule has 1 aliphatic heterocycles. The van der Waals surface area contributed by atoms with Crippen LogP contribution in [0, 0.1) is 11.3 Å². The van der Waals surface area contributed by atoms with Crippen molar-refractivity contribution in [3.8, 4) is 6.07 Å². The maximum atomic E-state index is 12.7. The summed E-state index contributed by atoms with van der Waals surface area (Å²) in [6.45, 7) is 0.578. The topological polar surface area (TPSA) is 76.1 Å². The summed E-state index contributed by atoms with van der Waals surface area (Å²) in [4.78, 5) is 17.0. The minimum Gasteiger partial charge on any atom is -0.439 e. The van der Waals surface area contributed by atoms with Gasteiger partial charge in [-0.15, -0.1) is 0 Å². The molecule has 5 nitrogen and oxygen atoms in total. The summed E-state index contributed by atoms with van der Waals surface area (Å²) in [7, 11) is 0. The molecule has 0 aliphatic carbocycles. The Morgan fingerprint density at radius 2 is 2.04 bits per heavy atom. The van der Waals surface area contributed by atoms with Crippen molar-refractivity contribution in [2.75, 3.05) is 6.61 Å². The number of carbonyl (C=O) groups excluding carboxylic acids is 1. The predicted molar refractivity (Wildman–Crippen MR) is 90.8 cm³/mol. The first-order chi connectivity index (χ1) is 12.3. The molecule has 0 N–H and O–H groups in total. The summed E-state index contributed by atoms with van der Waals surface area (Å²) in [5, 5.41) is 9.49. The summed E-state index contributed by atoms with van der Waals surface area (Å²) in [5.74, 6) is -1.11.